The van der Waals surface area contributed by atoms with E-state index < -0.39 is 0 Å². The molecular formula is C16H25NO. The molecule has 0 unspecified atom stereocenters. The molecule has 1 saturated heterocycles. The van der Waals surface area contributed by atoms with Crippen molar-refractivity contribution in [3.63, 3.8) is 0 Å². The highest BCUT2D eigenvalue weighted by Gasteiger charge is 2.11. The smallest absolute Gasteiger partial charge is 0.119 e. The number of piperidine rings is 1. The minimum Gasteiger partial charge on any atom is -0.494 e. The van der Waals surface area contributed by atoms with E-state index in [-0.39, 0.29) is 0 Å². The van der Waals surface area contributed by atoms with Crippen LogP contribution in [0.3, 0.4) is 0 Å². The summed E-state index contributed by atoms with van der Waals surface area (Å²) in [6.45, 7) is 6.42. The van der Waals surface area contributed by atoms with Gasteiger partial charge in [-0.3, -0.25) is 0 Å². The fourth-order valence-electron chi connectivity index (χ4n) is 2.44. The van der Waals surface area contributed by atoms with Gasteiger partial charge in [-0.15, -0.1) is 0 Å². The molecule has 0 amide bonds. The molecule has 2 heteroatoms. The minimum absolute atomic E-state index is 0.588. The average molecular weight is 247 g/mol. The molecule has 0 aromatic heterocycles. The zero-order valence-corrected chi connectivity index (χ0v) is 11.6. The topological polar surface area (TPSA) is 21.3 Å². The standard InChI is InChI=1S/C16H25NO/c1-13(2)14-6-8-16(9-7-14)18-12-10-15-5-3-4-11-17-15/h6-9,13,15,17H,3-5,10-12H2,1-2H3/t15-/m1/s1. The lowest BCUT2D eigenvalue weighted by Gasteiger charge is -2.23. The predicted octanol–water partition coefficient (Wildman–Crippen LogP) is 3.72. The number of ether oxygens (including phenoxy) is 1. The van der Waals surface area contributed by atoms with Crippen LogP contribution in [0.1, 0.15) is 51.0 Å². The van der Waals surface area contributed by atoms with Crippen LogP contribution < -0.4 is 10.1 Å². The van der Waals surface area contributed by atoms with Crippen LogP contribution in [-0.4, -0.2) is 19.2 Å². The first-order valence-electron chi connectivity index (χ1n) is 7.22. The van der Waals surface area contributed by atoms with Gasteiger partial charge in [-0.05, 0) is 49.4 Å². The average Bonchev–Trinajstić information content (AvgIpc) is 2.40. The molecule has 100 valence electrons. The summed E-state index contributed by atoms with van der Waals surface area (Å²) in [6, 6.07) is 9.17. The van der Waals surface area contributed by atoms with Crippen LogP contribution >= 0.6 is 0 Å². The Morgan fingerprint density at radius 1 is 1.22 bits per heavy atom. The Balaban J connectivity index is 1.72. The predicted molar refractivity (Wildman–Crippen MR) is 76.3 cm³/mol. The van der Waals surface area contributed by atoms with Crippen molar-refractivity contribution in [1.29, 1.82) is 0 Å². The van der Waals surface area contributed by atoms with Crippen LogP contribution in [0.25, 0.3) is 0 Å². The number of nitrogens with one attached hydrogen (secondary N) is 1. The van der Waals surface area contributed by atoms with Gasteiger partial charge in [0.15, 0.2) is 0 Å². The van der Waals surface area contributed by atoms with Crippen LogP contribution in [0.5, 0.6) is 5.75 Å². The van der Waals surface area contributed by atoms with Crippen LogP contribution in [0.4, 0.5) is 0 Å². The molecule has 1 aliphatic rings. The molecule has 0 spiro atoms. The van der Waals surface area contributed by atoms with Crippen LogP contribution in [0.15, 0.2) is 24.3 Å². The number of hydrogen-bond donors (Lipinski definition) is 1. The molecule has 0 radical (unpaired) electrons. The first kappa shape index (κ1) is 13.4. The van der Waals surface area contributed by atoms with Crippen molar-refractivity contribution in [2.45, 2.75) is 51.5 Å². The van der Waals surface area contributed by atoms with Crippen molar-refractivity contribution in [3.05, 3.63) is 29.8 Å². The van der Waals surface area contributed by atoms with E-state index in [4.69, 9.17) is 4.74 Å². The molecule has 0 bridgehead atoms. The van der Waals surface area contributed by atoms with Crippen molar-refractivity contribution in [2.24, 2.45) is 0 Å². The summed E-state index contributed by atoms with van der Waals surface area (Å²) in [5.74, 6) is 1.58. The van der Waals surface area contributed by atoms with Crippen molar-refractivity contribution in [1.82, 2.24) is 5.32 Å². The summed E-state index contributed by atoms with van der Waals surface area (Å²) in [5, 5.41) is 3.55. The van der Waals surface area contributed by atoms with Gasteiger partial charge in [0.2, 0.25) is 0 Å². The molecule has 1 atom stereocenters. The molecule has 1 heterocycles. The molecule has 18 heavy (non-hydrogen) atoms. The summed E-state index contributed by atoms with van der Waals surface area (Å²) in [4.78, 5) is 0. The van der Waals surface area contributed by atoms with Gasteiger partial charge in [-0.1, -0.05) is 32.4 Å². The van der Waals surface area contributed by atoms with Crippen LogP contribution in [0, 0.1) is 0 Å². The lowest BCUT2D eigenvalue weighted by Crippen LogP contribution is -2.35. The van der Waals surface area contributed by atoms with Gasteiger partial charge >= 0.3 is 0 Å². The van der Waals surface area contributed by atoms with E-state index in [0.29, 0.717) is 12.0 Å². The van der Waals surface area contributed by atoms with E-state index in [0.717, 1.165) is 18.8 Å². The third kappa shape index (κ3) is 4.02. The molecule has 1 aromatic rings. The first-order valence-corrected chi connectivity index (χ1v) is 7.22. The zero-order valence-electron chi connectivity index (χ0n) is 11.6. The van der Waals surface area contributed by atoms with Gasteiger partial charge in [0.05, 0.1) is 6.61 Å². The number of rotatable bonds is 5. The highest BCUT2D eigenvalue weighted by molar-refractivity contribution is 5.28. The van der Waals surface area contributed by atoms with E-state index >= 15 is 0 Å². The summed E-state index contributed by atoms with van der Waals surface area (Å²) in [6.07, 6.45) is 5.11. The van der Waals surface area contributed by atoms with Gasteiger partial charge in [-0.2, -0.15) is 0 Å². The van der Waals surface area contributed by atoms with Crippen molar-refractivity contribution in [3.8, 4) is 5.75 Å². The number of benzene rings is 1. The quantitative estimate of drug-likeness (QED) is 0.856. The molecule has 1 N–H and O–H groups in total. The summed E-state index contributed by atoms with van der Waals surface area (Å²) in [5.41, 5.74) is 1.37. The SMILES string of the molecule is CC(C)c1ccc(OCC[C@H]2CCCCN2)cc1. The molecule has 1 aromatic carbocycles. The van der Waals surface area contributed by atoms with Crippen molar-refractivity contribution < 1.29 is 4.74 Å². The van der Waals surface area contributed by atoms with E-state index in [9.17, 15) is 0 Å². The van der Waals surface area contributed by atoms with Gasteiger partial charge in [-0.25, -0.2) is 0 Å². The first-order chi connectivity index (χ1) is 8.75. The summed E-state index contributed by atoms with van der Waals surface area (Å²) >= 11 is 0. The second-order valence-corrected chi connectivity index (χ2v) is 5.51. The second-order valence-electron chi connectivity index (χ2n) is 5.51. The maximum atomic E-state index is 5.80. The van der Waals surface area contributed by atoms with E-state index in [1.54, 1.807) is 0 Å². The number of hydrogen-bond acceptors (Lipinski definition) is 2. The van der Waals surface area contributed by atoms with Gasteiger partial charge < -0.3 is 10.1 Å². The minimum atomic E-state index is 0.588. The maximum Gasteiger partial charge on any atom is 0.119 e. The molecular weight excluding hydrogens is 222 g/mol. The molecule has 2 nitrogen and oxygen atoms in total. The Morgan fingerprint density at radius 3 is 2.61 bits per heavy atom. The fourth-order valence-corrected chi connectivity index (χ4v) is 2.44. The lowest BCUT2D eigenvalue weighted by molar-refractivity contribution is 0.268. The van der Waals surface area contributed by atoms with E-state index in [2.05, 4.69) is 43.4 Å². The van der Waals surface area contributed by atoms with Crippen LogP contribution in [0.2, 0.25) is 0 Å². The normalized spacial score (nSPS) is 20.1. The third-order valence-corrected chi connectivity index (χ3v) is 3.69. The van der Waals surface area contributed by atoms with E-state index in [1.807, 2.05) is 0 Å². The monoisotopic (exact) mass is 247 g/mol. The largest absolute Gasteiger partial charge is 0.494 e. The van der Waals surface area contributed by atoms with E-state index in [1.165, 1.54) is 31.4 Å². The van der Waals surface area contributed by atoms with Crippen LogP contribution in [-0.2, 0) is 0 Å². The van der Waals surface area contributed by atoms with Crippen molar-refractivity contribution in [2.75, 3.05) is 13.2 Å². The molecule has 1 aliphatic heterocycles. The summed E-state index contributed by atoms with van der Waals surface area (Å²) < 4.78 is 5.80. The van der Waals surface area contributed by atoms with Gasteiger partial charge in [0.1, 0.15) is 5.75 Å². The van der Waals surface area contributed by atoms with Gasteiger partial charge in [0.25, 0.3) is 0 Å². The Morgan fingerprint density at radius 2 is 2.00 bits per heavy atom. The second kappa shape index (κ2) is 6.79. The lowest BCUT2D eigenvalue weighted by atomic mass is 10.0. The summed E-state index contributed by atoms with van der Waals surface area (Å²) in [7, 11) is 0. The Hall–Kier alpha value is -1.02. The Bertz CT molecular complexity index is 339. The molecule has 0 aliphatic carbocycles. The Labute approximate surface area is 111 Å². The Kier molecular flexibility index (Phi) is 5.06. The third-order valence-electron chi connectivity index (χ3n) is 3.69. The highest BCUT2D eigenvalue weighted by atomic mass is 16.5. The molecule has 2 rings (SSSR count). The fraction of sp³-hybridized carbons (Fsp3) is 0.625. The highest BCUT2D eigenvalue weighted by Crippen LogP contribution is 2.19. The van der Waals surface area contributed by atoms with Crippen molar-refractivity contribution >= 4 is 0 Å². The molecule has 1 fully saturated rings. The maximum absolute atomic E-state index is 5.80. The molecule has 0 saturated carbocycles. The van der Waals surface area contributed by atoms with Gasteiger partial charge in [0, 0.05) is 6.04 Å². The zero-order chi connectivity index (χ0) is 12.8.